The summed E-state index contributed by atoms with van der Waals surface area (Å²) in [6.45, 7) is 1.61. The third-order valence-corrected chi connectivity index (χ3v) is 3.83. The third kappa shape index (κ3) is 5.43. The maximum absolute atomic E-state index is 10.8. The normalized spacial score (nSPS) is 12.7. The summed E-state index contributed by atoms with van der Waals surface area (Å²) in [7, 11) is -0.695. The number of benzene rings is 1. The van der Waals surface area contributed by atoms with Crippen LogP contribution in [-0.4, -0.2) is 22.8 Å². The van der Waals surface area contributed by atoms with Crippen LogP contribution in [0.2, 0.25) is 5.02 Å². The van der Waals surface area contributed by atoms with E-state index >= 15 is 0 Å². The van der Waals surface area contributed by atoms with Crippen molar-refractivity contribution < 1.29 is 4.21 Å². The molecule has 90 valence electrons. The highest BCUT2D eigenvalue weighted by molar-refractivity contribution is 9.10. The van der Waals surface area contributed by atoms with Gasteiger partial charge in [0.05, 0.1) is 0 Å². The van der Waals surface area contributed by atoms with Crippen molar-refractivity contribution in [3.05, 3.63) is 33.3 Å². The van der Waals surface area contributed by atoms with Gasteiger partial charge >= 0.3 is 0 Å². The average molecular weight is 325 g/mol. The minimum atomic E-state index is -0.695. The van der Waals surface area contributed by atoms with E-state index in [2.05, 4.69) is 21.2 Å². The SMILES string of the molecule is CS(=O)CCCNCc1cc(Br)ccc1Cl. The molecular formula is C11H15BrClNOS. The number of rotatable bonds is 6. The second-order valence-corrected chi connectivity index (χ2v) is 6.42. The Morgan fingerprint density at radius 2 is 2.25 bits per heavy atom. The Bertz CT molecular complexity index is 373. The van der Waals surface area contributed by atoms with E-state index in [1.165, 1.54) is 0 Å². The first-order chi connectivity index (χ1) is 7.59. The molecule has 1 N–H and O–H groups in total. The van der Waals surface area contributed by atoms with Gasteiger partial charge in [-0.3, -0.25) is 4.21 Å². The van der Waals surface area contributed by atoms with E-state index in [-0.39, 0.29) is 0 Å². The summed E-state index contributed by atoms with van der Waals surface area (Å²) in [6, 6.07) is 5.81. The van der Waals surface area contributed by atoms with Crippen LogP contribution in [0.15, 0.2) is 22.7 Å². The second kappa shape index (κ2) is 7.43. The van der Waals surface area contributed by atoms with Gasteiger partial charge < -0.3 is 5.32 Å². The first kappa shape index (κ1) is 14.2. The zero-order valence-corrected chi connectivity index (χ0v) is 12.3. The zero-order valence-electron chi connectivity index (χ0n) is 9.13. The zero-order chi connectivity index (χ0) is 12.0. The van der Waals surface area contributed by atoms with Gasteiger partial charge in [0.1, 0.15) is 0 Å². The van der Waals surface area contributed by atoms with E-state index in [1.54, 1.807) is 6.26 Å². The molecule has 0 aliphatic heterocycles. The van der Waals surface area contributed by atoms with Crippen LogP contribution in [0, 0.1) is 0 Å². The highest BCUT2D eigenvalue weighted by Crippen LogP contribution is 2.20. The topological polar surface area (TPSA) is 29.1 Å². The molecule has 0 radical (unpaired) electrons. The molecule has 0 fully saturated rings. The summed E-state index contributed by atoms with van der Waals surface area (Å²) in [5.74, 6) is 0.749. The maximum atomic E-state index is 10.8. The lowest BCUT2D eigenvalue weighted by Crippen LogP contribution is -2.16. The summed E-state index contributed by atoms with van der Waals surface area (Å²) in [5, 5.41) is 4.06. The Morgan fingerprint density at radius 3 is 2.94 bits per heavy atom. The van der Waals surface area contributed by atoms with Crippen LogP contribution in [0.1, 0.15) is 12.0 Å². The molecule has 0 aliphatic rings. The predicted molar refractivity (Wildman–Crippen MR) is 74.4 cm³/mol. The van der Waals surface area contributed by atoms with E-state index in [4.69, 9.17) is 11.6 Å². The summed E-state index contributed by atoms with van der Waals surface area (Å²) < 4.78 is 11.9. The fraction of sp³-hybridized carbons (Fsp3) is 0.455. The van der Waals surface area contributed by atoms with Crippen LogP contribution in [0.5, 0.6) is 0 Å². The van der Waals surface area contributed by atoms with Gasteiger partial charge in [-0.2, -0.15) is 0 Å². The highest BCUT2D eigenvalue weighted by atomic mass is 79.9. The molecule has 2 nitrogen and oxygen atoms in total. The monoisotopic (exact) mass is 323 g/mol. The molecule has 0 spiro atoms. The standard InChI is InChI=1S/C11H15BrClNOS/c1-16(15)6-2-5-14-8-9-7-10(12)3-4-11(9)13/h3-4,7,14H,2,5-6,8H2,1H3. The van der Waals surface area contributed by atoms with E-state index in [0.717, 1.165) is 40.3 Å². The first-order valence-corrected chi connectivity index (χ1v) is 7.94. The number of hydrogen-bond acceptors (Lipinski definition) is 2. The lowest BCUT2D eigenvalue weighted by Gasteiger charge is -2.06. The number of nitrogens with one attached hydrogen (secondary N) is 1. The molecule has 0 amide bonds. The van der Waals surface area contributed by atoms with Gasteiger partial charge in [0.2, 0.25) is 0 Å². The minimum absolute atomic E-state index is 0.695. The minimum Gasteiger partial charge on any atom is -0.313 e. The Labute approximate surface area is 112 Å². The Balaban J connectivity index is 2.31. The molecule has 0 aromatic heterocycles. The van der Waals surface area contributed by atoms with Gasteiger partial charge in [0.25, 0.3) is 0 Å². The summed E-state index contributed by atoms with van der Waals surface area (Å²) in [6.07, 6.45) is 2.65. The van der Waals surface area contributed by atoms with Gasteiger partial charge in [-0.1, -0.05) is 27.5 Å². The fourth-order valence-electron chi connectivity index (χ4n) is 1.30. The maximum Gasteiger partial charge on any atom is 0.0451 e. The molecule has 1 rings (SSSR count). The number of hydrogen-bond donors (Lipinski definition) is 1. The van der Waals surface area contributed by atoms with Crippen LogP contribution in [-0.2, 0) is 17.3 Å². The van der Waals surface area contributed by atoms with Crippen LogP contribution in [0.25, 0.3) is 0 Å². The molecule has 1 unspecified atom stereocenters. The van der Waals surface area contributed by atoms with Crippen molar-refractivity contribution >= 4 is 38.3 Å². The number of halogens is 2. The smallest absolute Gasteiger partial charge is 0.0451 e. The van der Waals surface area contributed by atoms with E-state index in [9.17, 15) is 4.21 Å². The largest absolute Gasteiger partial charge is 0.313 e. The Kier molecular flexibility index (Phi) is 6.58. The Morgan fingerprint density at radius 1 is 1.50 bits per heavy atom. The van der Waals surface area contributed by atoms with Crippen molar-refractivity contribution in [1.29, 1.82) is 0 Å². The average Bonchev–Trinajstić information content (AvgIpc) is 2.22. The van der Waals surface area contributed by atoms with Crippen molar-refractivity contribution in [3.63, 3.8) is 0 Å². The van der Waals surface area contributed by atoms with Crippen LogP contribution in [0.4, 0.5) is 0 Å². The molecule has 1 aromatic carbocycles. The van der Waals surface area contributed by atoms with Crippen LogP contribution in [0.3, 0.4) is 0 Å². The second-order valence-electron chi connectivity index (χ2n) is 3.54. The van der Waals surface area contributed by atoms with Crippen molar-refractivity contribution in [1.82, 2.24) is 5.32 Å². The molecule has 0 bridgehead atoms. The quantitative estimate of drug-likeness (QED) is 0.815. The van der Waals surface area contributed by atoms with Crippen LogP contribution >= 0.6 is 27.5 Å². The van der Waals surface area contributed by atoms with Crippen molar-refractivity contribution in [2.45, 2.75) is 13.0 Å². The van der Waals surface area contributed by atoms with Crippen LogP contribution < -0.4 is 5.32 Å². The Hall–Kier alpha value is 0.1000. The predicted octanol–water partition coefficient (Wildman–Crippen LogP) is 2.96. The molecule has 1 aromatic rings. The van der Waals surface area contributed by atoms with E-state index in [1.807, 2.05) is 18.2 Å². The molecule has 5 heteroatoms. The van der Waals surface area contributed by atoms with Crippen molar-refractivity contribution in [2.75, 3.05) is 18.6 Å². The van der Waals surface area contributed by atoms with Crippen molar-refractivity contribution in [3.8, 4) is 0 Å². The van der Waals surface area contributed by atoms with E-state index < -0.39 is 10.8 Å². The lowest BCUT2D eigenvalue weighted by atomic mass is 10.2. The van der Waals surface area contributed by atoms with Crippen molar-refractivity contribution in [2.24, 2.45) is 0 Å². The molecular weight excluding hydrogens is 310 g/mol. The molecule has 0 saturated carbocycles. The van der Waals surface area contributed by atoms with Gasteiger partial charge in [-0.25, -0.2) is 0 Å². The molecule has 0 aliphatic carbocycles. The molecule has 0 saturated heterocycles. The third-order valence-electron chi connectivity index (χ3n) is 2.11. The molecule has 0 heterocycles. The lowest BCUT2D eigenvalue weighted by molar-refractivity contribution is 0.662. The molecule has 1 atom stereocenters. The van der Waals surface area contributed by atoms with Gasteiger partial charge in [0, 0.05) is 38.8 Å². The summed E-state index contributed by atoms with van der Waals surface area (Å²) >= 11 is 9.46. The van der Waals surface area contributed by atoms with Gasteiger partial charge in [-0.05, 0) is 36.7 Å². The fourth-order valence-corrected chi connectivity index (χ4v) is 2.45. The highest BCUT2D eigenvalue weighted by Gasteiger charge is 2.00. The summed E-state index contributed by atoms with van der Waals surface area (Å²) in [4.78, 5) is 0. The molecule has 16 heavy (non-hydrogen) atoms. The van der Waals surface area contributed by atoms with Gasteiger partial charge in [-0.15, -0.1) is 0 Å². The van der Waals surface area contributed by atoms with Gasteiger partial charge in [0.15, 0.2) is 0 Å². The summed E-state index contributed by atoms with van der Waals surface area (Å²) in [5.41, 5.74) is 1.08. The first-order valence-electron chi connectivity index (χ1n) is 5.04. The van der Waals surface area contributed by atoms with E-state index in [0.29, 0.717) is 0 Å².